The Bertz CT molecular complexity index is 289. The molecule has 1 saturated carbocycles. The number of hydrogen-bond acceptors (Lipinski definition) is 3. The number of amides is 1. The van der Waals surface area contributed by atoms with Crippen molar-refractivity contribution in [3.8, 4) is 0 Å². The number of likely N-dealkylation sites (tertiary alicyclic amines) is 1. The van der Waals surface area contributed by atoms with Gasteiger partial charge in [0.1, 0.15) is 0 Å². The molecule has 98 valence electrons. The highest BCUT2D eigenvalue weighted by molar-refractivity contribution is 5.77. The van der Waals surface area contributed by atoms with Crippen LogP contribution in [-0.2, 0) is 9.53 Å². The number of carbonyl (C=O) groups excluding carboxylic acids is 1. The molecule has 0 aromatic carbocycles. The van der Waals surface area contributed by atoms with Crippen molar-refractivity contribution in [2.75, 3.05) is 20.2 Å². The number of nitrogens with zero attached hydrogens (tertiary/aromatic N) is 1. The van der Waals surface area contributed by atoms with Crippen molar-refractivity contribution in [1.82, 2.24) is 4.90 Å². The maximum absolute atomic E-state index is 12.2. The van der Waals surface area contributed by atoms with Gasteiger partial charge in [0.15, 0.2) is 0 Å². The molecule has 2 unspecified atom stereocenters. The Morgan fingerprint density at radius 2 is 2.24 bits per heavy atom. The summed E-state index contributed by atoms with van der Waals surface area (Å²) in [5.41, 5.74) is 5.92. The van der Waals surface area contributed by atoms with Gasteiger partial charge in [0, 0.05) is 32.2 Å². The molecule has 1 amide bonds. The molecule has 0 bridgehead atoms. The number of rotatable bonds is 3. The first kappa shape index (κ1) is 12.8. The SMILES string of the molecule is COC1CN(C(=O)CC2(N)CCC2)CCC1C. The van der Waals surface area contributed by atoms with Gasteiger partial charge in [-0.25, -0.2) is 0 Å². The lowest BCUT2D eigenvalue weighted by molar-refractivity contribution is -0.138. The van der Waals surface area contributed by atoms with Crippen LogP contribution in [-0.4, -0.2) is 42.6 Å². The Morgan fingerprint density at radius 3 is 2.76 bits per heavy atom. The van der Waals surface area contributed by atoms with Gasteiger partial charge in [0.2, 0.25) is 5.91 Å². The fourth-order valence-electron chi connectivity index (χ4n) is 2.79. The number of carbonyl (C=O) groups is 1. The minimum Gasteiger partial charge on any atom is -0.379 e. The molecule has 2 atom stereocenters. The second kappa shape index (κ2) is 4.94. The van der Waals surface area contributed by atoms with E-state index in [1.165, 1.54) is 6.42 Å². The molecule has 0 aromatic rings. The molecule has 17 heavy (non-hydrogen) atoms. The Kier molecular flexibility index (Phi) is 3.73. The predicted molar refractivity (Wildman–Crippen MR) is 66.5 cm³/mol. The zero-order valence-electron chi connectivity index (χ0n) is 10.9. The summed E-state index contributed by atoms with van der Waals surface area (Å²) in [4.78, 5) is 14.1. The molecule has 0 aromatic heterocycles. The molecular formula is C13H24N2O2. The van der Waals surface area contributed by atoms with E-state index in [9.17, 15) is 4.79 Å². The van der Waals surface area contributed by atoms with Crippen LogP contribution in [0.3, 0.4) is 0 Å². The van der Waals surface area contributed by atoms with Gasteiger partial charge in [0.05, 0.1) is 6.10 Å². The molecule has 1 aliphatic carbocycles. The van der Waals surface area contributed by atoms with Crippen LogP contribution in [0.1, 0.15) is 39.0 Å². The van der Waals surface area contributed by atoms with Crippen molar-refractivity contribution in [3.05, 3.63) is 0 Å². The highest BCUT2D eigenvalue weighted by atomic mass is 16.5. The molecule has 2 aliphatic rings. The van der Waals surface area contributed by atoms with Crippen molar-refractivity contribution >= 4 is 5.91 Å². The van der Waals surface area contributed by atoms with E-state index in [1.54, 1.807) is 7.11 Å². The van der Waals surface area contributed by atoms with Crippen LogP contribution < -0.4 is 5.73 Å². The summed E-state index contributed by atoms with van der Waals surface area (Å²) in [5.74, 6) is 0.751. The van der Waals surface area contributed by atoms with Crippen LogP contribution in [0, 0.1) is 5.92 Å². The summed E-state index contributed by atoms with van der Waals surface area (Å²) >= 11 is 0. The molecule has 2 rings (SSSR count). The average Bonchev–Trinajstić information content (AvgIpc) is 2.27. The van der Waals surface area contributed by atoms with Crippen molar-refractivity contribution in [1.29, 1.82) is 0 Å². The molecule has 0 radical (unpaired) electrons. The number of ether oxygens (including phenoxy) is 1. The minimum absolute atomic E-state index is 0.183. The van der Waals surface area contributed by atoms with E-state index >= 15 is 0 Å². The largest absolute Gasteiger partial charge is 0.379 e. The van der Waals surface area contributed by atoms with Crippen molar-refractivity contribution in [2.24, 2.45) is 11.7 Å². The van der Waals surface area contributed by atoms with Crippen LogP contribution in [0.5, 0.6) is 0 Å². The first-order chi connectivity index (χ1) is 8.04. The molecule has 4 nitrogen and oxygen atoms in total. The molecule has 2 N–H and O–H groups in total. The maximum Gasteiger partial charge on any atom is 0.224 e. The van der Waals surface area contributed by atoms with Crippen LogP contribution >= 0.6 is 0 Å². The second-order valence-electron chi connectivity index (χ2n) is 5.77. The third kappa shape index (κ3) is 2.80. The Morgan fingerprint density at radius 1 is 1.53 bits per heavy atom. The fraction of sp³-hybridized carbons (Fsp3) is 0.923. The van der Waals surface area contributed by atoms with Gasteiger partial charge in [0.25, 0.3) is 0 Å². The van der Waals surface area contributed by atoms with Crippen molar-refractivity contribution in [3.63, 3.8) is 0 Å². The Hall–Kier alpha value is -0.610. The Labute approximate surface area is 103 Å². The lowest BCUT2D eigenvalue weighted by Crippen LogP contribution is -2.53. The van der Waals surface area contributed by atoms with E-state index in [1.807, 2.05) is 4.90 Å². The van der Waals surface area contributed by atoms with E-state index in [4.69, 9.17) is 10.5 Å². The second-order valence-corrected chi connectivity index (χ2v) is 5.77. The zero-order chi connectivity index (χ0) is 12.5. The average molecular weight is 240 g/mol. The topological polar surface area (TPSA) is 55.6 Å². The van der Waals surface area contributed by atoms with Gasteiger partial charge in [-0.05, 0) is 31.6 Å². The monoisotopic (exact) mass is 240 g/mol. The van der Waals surface area contributed by atoms with Crippen LogP contribution in [0.15, 0.2) is 0 Å². The number of methoxy groups -OCH3 is 1. The lowest BCUT2D eigenvalue weighted by Gasteiger charge is -2.41. The maximum atomic E-state index is 12.2. The van der Waals surface area contributed by atoms with E-state index < -0.39 is 0 Å². The molecule has 2 fully saturated rings. The zero-order valence-corrected chi connectivity index (χ0v) is 10.9. The van der Waals surface area contributed by atoms with Gasteiger partial charge < -0.3 is 15.4 Å². The minimum atomic E-state index is -0.206. The standard InChI is InChI=1S/C13H24N2O2/c1-10-4-7-15(9-11(10)17-2)12(16)8-13(14)5-3-6-13/h10-11H,3-9,14H2,1-2H3. The van der Waals surface area contributed by atoms with E-state index in [-0.39, 0.29) is 17.6 Å². The molecule has 4 heteroatoms. The third-order valence-electron chi connectivity index (χ3n) is 4.40. The predicted octanol–water partition coefficient (Wildman–Crippen LogP) is 1.14. The smallest absolute Gasteiger partial charge is 0.224 e. The summed E-state index contributed by atoms with van der Waals surface area (Å²) in [6.07, 6.45) is 4.89. The molecule has 1 saturated heterocycles. The highest BCUT2D eigenvalue weighted by Crippen LogP contribution is 2.33. The summed E-state index contributed by atoms with van der Waals surface area (Å²) in [7, 11) is 1.73. The van der Waals surface area contributed by atoms with Gasteiger partial charge >= 0.3 is 0 Å². The number of nitrogens with two attached hydrogens (primary N) is 1. The number of hydrogen-bond donors (Lipinski definition) is 1. The molecular weight excluding hydrogens is 216 g/mol. The lowest BCUT2D eigenvalue weighted by atomic mass is 9.75. The van der Waals surface area contributed by atoms with Crippen LogP contribution in [0.4, 0.5) is 0 Å². The summed E-state index contributed by atoms with van der Waals surface area (Å²) in [6.45, 7) is 3.77. The molecule has 0 spiro atoms. The van der Waals surface area contributed by atoms with Gasteiger partial charge in [-0.3, -0.25) is 4.79 Å². The van der Waals surface area contributed by atoms with Crippen LogP contribution in [0.2, 0.25) is 0 Å². The van der Waals surface area contributed by atoms with E-state index in [0.717, 1.165) is 32.4 Å². The summed E-state index contributed by atoms with van der Waals surface area (Å²) < 4.78 is 5.43. The van der Waals surface area contributed by atoms with E-state index in [0.29, 0.717) is 12.3 Å². The quantitative estimate of drug-likeness (QED) is 0.805. The normalized spacial score (nSPS) is 32.1. The summed E-state index contributed by atoms with van der Waals surface area (Å²) in [6, 6.07) is 0. The molecule has 1 heterocycles. The first-order valence-corrected chi connectivity index (χ1v) is 6.63. The first-order valence-electron chi connectivity index (χ1n) is 6.63. The van der Waals surface area contributed by atoms with Gasteiger partial charge in [-0.1, -0.05) is 6.92 Å². The van der Waals surface area contributed by atoms with Gasteiger partial charge in [-0.15, -0.1) is 0 Å². The fourth-order valence-corrected chi connectivity index (χ4v) is 2.79. The third-order valence-corrected chi connectivity index (χ3v) is 4.40. The Balaban J connectivity index is 1.87. The van der Waals surface area contributed by atoms with Gasteiger partial charge in [-0.2, -0.15) is 0 Å². The molecule has 1 aliphatic heterocycles. The van der Waals surface area contributed by atoms with Crippen molar-refractivity contribution in [2.45, 2.75) is 50.7 Å². The van der Waals surface area contributed by atoms with E-state index in [2.05, 4.69) is 6.92 Å². The van der Waals surface area contributed by atoms with Crippen LogP contribution in [0.25, 0.3) is 0 Å². The summed E-state index contributed by atoms with van der Waals surface area (Å²) in [5, 5.41) is 0. The highest BCUT2D eigenvalue weighted by Gasteiger charge is 2.37. The van der Waals surface area contributed by atoms with Crippen molar-refractivity contribution < 1.29 is 9.53 Å². The number of piperidine rings is 1.